The fraction of sp³-hybridized carbons (Fsp3) is 0.235. The molecule has 2 aromatic carbocycles. The molecule has 1 amide bonds. The van der Waals surface area contributed by atoms with E-state index >= 15 is 0 Å². The van der Waals surface area contributed by atoms with Crippen LogP contribution in [0.15, 0.2) is 53.4 Å². The molecule has 4 nitrogen and oxygen atoms in total. The molecule has 3 rings (SSSR count). The first-order valence-electron chi connectivity index (χ1n) is 7.28. The number of halogens is 1. The van der Waals surface area contributed by atoms with E-state index in [9.17, 15) is 17.6 Å². The minimum absolute atomic E-state index is 0.108. The van der Waals surface area contributed by atoms with E-state index in [1.165, 1.54) is 36.4 Å². The van der Waals surface area contributed by atoms with Crippen molar-refractivity contribution in [1.82, 2.24) is 4.31 Å². The molecule has 120 valence electrons. The molecule has 1 unspecified atom stereocenters. The lowest BCUT2D eigenvalue weighted by Crippen LogP contribution is -2.33. The molecule has 1 heterocycles. The number of carbonyl (C=O) groups is 1. The molecular formula is C17H16FNO3S. The van der Waals surface area contributed by atoms with E-state index in [1.807, 2.05) is 6.92 Å². The van der Waals surface area contributed by atoms with Gasteiger partial charge in [-0.25, -0.2) is 17.1 Å². The van der Waals surface area contributed by atoms with Crippen LogP contribution in [0.3, 0.4) is 0 Å². The molecular weight excluding hydrogens is 317 g/mol. The molecule has 6 heteroatoms. The number of nitrogens with zero attached hydrogens (tertiary/aromatic N) is 1. The van der Waals surface area contributed by atoms with Gasteiger partial charge in [0.1, 0.15) is 5.82 Å². The number of hydrogen-bond acceptors (Lipinski definition) is 3. The fourth-order valence-corrected chi connectivity index (χ4v) is 4.18. The summed E-state index contributed by atoms with van der Waals surface area (Å²) in [7, 11) is -3.84. The quantitative estimate of drug-likeness (QED) is 0.868. The monoisotopic (exact) mass is 333 g/mol. The second kappa shape index (κ2) is 5.77. The third-order valence-corrected chi connectivity index (χ3v) is 5.86. The molecule has 0 N–H and O–H groups in total. The van der Waals surface area contributed by atoms with Crippen molar-refractivity contribution in [1.29, 1.82) is 0 Å². The van der Waals surface area contributed by atoms with Gasteiger partial charge in [0.25, 0.3) is 10.0 Å². The highest BCUT2D eigenvalue weighted by molar-refractivity contribution is 7.89. The van der Waals surface area contributed by atoms with Gasteiger partial charge in [-0.3, -0.25) is 4.79 Å². The van der Waals surface area contributed by atoms with E-state index in [-0.39, 0.29) is 17.3 Å². The van der Waals surface area contributed by atoms with E-state index in [0.717, 1.165) is 9.87 Å². The summed E-state index contributed by atoms with van der Waals surface area (Å²) in [6, 6.07) is 12.0. The van der Waals surface area contributed by atoms with Crippen LogP contribution < -0.4 is 0 Å². The molecule has 2 aromatic rings. The average molecular weight is 333 g/mol. The zero-order chi connectivity index (χ0) is 16.6. The van der Waals surface area contributed by atoms with Crippen molar-refractivity contribution in [3.63, 3.8) is 0 Å². The number of hydrogen-bond donors (Lipinski definition) is 0. The van der Waals surface area contributed by atoms with E-state index < -0.39 is 21.8 Å². The SMILES string of the molecule is Cc1ccc(S(=O)(=O)N2CCC(c3ccc(F)cc3)C2=O)cc1. The van der Waals surface area contributed by atoms with Gasteiger partial charge in [-0.2, -0.15) is 0 Å². The summed E-state index contributed by atoms with van der Waals surface area (Å²) in [6.07, 6.45) is 0.398. The Balaban J connectivity index is 1.89. The van der Waals surface area contributed by atoms with Crippen molar-refractivity contribution in [3.8, 4) is 0 Å². The van der Waals surface area contributed by atoms with Crippen molar-refractivity contribution in [3.05, 3.63) is 65.5 Å². The van der Waals surface area contributed by atoms with E-state index in [1.54, 1.807) is 12.1 Å². The predicted molar refractivity (Wildman–Crippen MR) is 83.8 cm³/mol. The van der Waals surface area contributed by atoms with Gasteiger partial charge in [0, 0.05) is 6.54 Å². The van der Waals surface area contributed by atoms with Crippen LogP contribution in [-0.2, 0) is 14.8 Å². The third kappa shape index (κ3) is 2.86. The first kappa shape index (κ1) is 15.7. The lowest BCUT2D eigenvalue weighted by Gasteiger charge is -2.17. The highest BCUT2D eigenvalue weighted by Gasteiger charge is 2.40. The molecule has 0 aliphatic carbocycles. The van der Waals surface area contributed by atoms with Crippen LogP contribution in [0.5, 0.6) is 0 Å². The van der Waals surface area contributed by atoms with Gasteiger partial charge in [0.15, 0.2) is 0 Å². The van der Waals surface area contributed by atoms with Crippen LogP contribution in [0, 0.1) is 12.7 Å². The third-order valence-electron chi connectivity index (χ3n) is 4.05. The zero-order valence-corrected chi connectivity index (χ0v) is 13.4. The second-order valence-electron chi connectivity index (χ2n) is 5.62. The molecule has 0 aromatic heterocycles. The predicted octanol–water partition coefficient (Wildman–Crippen LogP) is 2.84. The van der Waals surface area contributed by atoms with Gasteiger partial charge in [0.2, 0.25) is 5.91 Å². The number of sulfonamides is 1. The molecule has 1 aliphatic rings. The summed E-state index contributed by atoms with van der Waals surface area (Å²) >= 11 is 0. The van der Waals surface area contributed by atoms with Gasteiger partial charge in [0.05, 0.1) is 10.8 Å². The Labute approximate surface area is 134 Å². The number of carbonyl (C=O) groups excluding carboxylic acids is 1. The van der Waals surface area contributed by atoms with Crippen molar-refractivity contribution in [2.45, 2.75) is 24.2 Å². The second-order valence-corrected chi connectivity index (χ2v) is 7.48. The first-order valence-corrected chi connectivity index (χ1v) is 8.72. The largest absolute Gasteiger partial charge is 0.273 e. The van der Waals surface area contributed by atoms with Gasteiger partial charge < -0.3 is 0 Å². The summed E-state index contributed by atoms with van der Waals surface area (Å²) in [5.74, 6) is -1.39. The van der Waals surface area contributed by atoms with Gasteiger partial charge >= 0.3 is 0 Å². The van der Waals surface area contributed by atoms with Gasteiger partial charge in [-0.15, -0.1) is 0 Å². The highest BCUT2D eigenvalue weighted by Crippen LogP contribution is 2.32. The van der Waals surface area contributed by atoms with E-state index in [2.05, 4.69) is 0 Å². The number of rotatable bonds is 3. The highest BCUT2D eigenvalue weighted by atomic mass is 32.2. The lowest BCUT2D eigenvalue weighted by molar-refractivity contribution is -0.124. The van der Waals surface area contributed by atoms with Crippen LogP contribution in [0.4, 0.5) is 4.39 Å². The zero-order valence-electron chi connectivity index (χ0n) is 12.6. The maximum atomic E-state index is 13.0. The summed E-state index contributed by atoms with van der Waals surface area (Å²) < 4.78 is 39.2. The maximum Gasteiger partial charge on any atom is 0.266 e. The Bertz CT molecular complexity index is 829. The minimum atomic E-state index is -3.84. The number of amides is 1. The first-order chi connectivity index (χ1) is 10.9. The standard InChI is InChI=1S/C17H16FNO3S/c1-12-2-8-15(9-3-12)23(21,22)19-11-10-16(17(19)20)13-4-6-14(18)7-5-13/h2-9,16H,10-11H2,1H3. The van der Waals surface area contributed by atoms with Crippen LogP contribution >= 0.6 is 0 Å². The lowest BCUT2D eigenvalue weighted by atomic mass is 9.98. The van der Waals surface area contributed by atoms with Crippen molar-refractivity contribution in [2.24, 2.45) is 0 Å². The summed E-state index contributed by atoms with van der Waals surface area (Å²) in [6.45, 7) is 2.00. The topological polar surface area (TPSA) is 54.5 Å². The molecule has 0 bridgehead atoms. The summed E-state index contributed by atoms with van der Waals surface area (Å²) in [5, 5.41) is 0. The molecule has 0 saturated carbocycles. The van der Waals surface area contributed by atoms with Gasteiger partial charge in [-0.05, 0) is 43.2 Å². The summed E-state index contributed by atoms with van der Waals surface area (Å²) in [5.41, 5.74) is 1.58. The molecule has 23 heavy (non-hydrogen) atoms. The van der Waals surface area contributed by atoms with Gasteiger partial charge in [-0.1, -0.05) is 29.8 Å². The number of aryl methyl sites for hydroxylation is 1. The van der Waals surface area contributed by atoms with Crippen molar-refractivity contribution in [2.75, 3.05) is 6.54 Å². The Morgan fingerprint density at radius 1 is 1.04 bits per heavy atom. The van der Waals surface area contributed by atoms with Crippen LogP contribution in [0.1, 0.15) is 23.5 Å². The molecule has 1 saturated heterocycles. The molecule has 1 atom stereocenters. The normalized spacial score (nSPS) is 18.4. The average Bonchev–Trinajstić information content (AvgIpc) is 2.91. The Morgan fingerprint density at radius 2 is 1.65 bits per heavy atom. The van der Waals surface area contributed by atoms with Crippen LogP contribution in [-0.4, -0.2) is 25.2 Å². The van der Waals surface area contributed by atoms with Crippen molar-refractivity contribution >= 4 is 15.9 Å². The van der Waals surface area contributed by atoms with Crippen molar-refractivity contribution < 1.29 is 17.6 Å². The molecule has 0 radical (unpaired) electrons. The Hall–Kier alpha value is -2.21. The smallest absolute Gasteiger partial charge is 0.266 e. The summed E-state index contributed by atoms with van der Waals surface area (Å²) in [4.78, 5) is 12.6. The maximum absolute atomic E-state index is 13.0. The minimum Gasteiger partial charge on any atom is -0.273 e. The Morgan fingerprint density at radius 3 is 2.26 bits per heavy atom. The fourth-order valence-electron chi connectivity index (χ4n) is 2.73. The molecule has 0 spiro atoms. The number of benzene rings is 2. The Kier molecular flexibility index (Phi) is 3.93. The molecule has 1 fully saturated rings. The van der Waals surface area contributed by atoms with Crippen LogP contribution in [0.25, 0.3) is 0 Å². The molecule has 1 aliphatic heterocycles. The van der Waals surface area contributed by atoms with E-state index in [0.29, 0.717) is 12.0 Å². The van der Waals surface area contributed by atoms with Crippen LogP contribution in [0.2, 0.25) is 0 Å². The van der Waals surface area contributed by atoms with E-state index in [4.69, 9.17) is 0 Å².